The lowest BCUT2D eigenvalue weighted by Crippen LogP contribution is -2.33. The predicted molar refractivity (Wildman–Crippen MR) is 113 cm³/mol. The van der Waals surface area contributed by atoms with Crippen LogP contribution in [0.4, 0.5) is 0 Å². The molecule has 6 nitrogen and oxygen atoms in total. The number of rotatable bonds is 7. The predicted octanol–water partition coefficient (Wildman–Crippen LogP) is 4.19. The Morgan fingerprint density at radius 2 is 2.10 bits per heavy atom. The number of aromatic nitrogens is 5. The van der Waals surface area contributed by atoms with Crippen LogP contribution in [0.2, 0.25) is 0 Å². The Morgan fingerprint density at radius 3 is 3.00 bits per heavy atom. The summed E-state index contributed by atoms with van der Waals surface area (Å²) in [6.45, 7) is 1.80. The van der Waals surface area contributed by atoms with E-state index in [1.165, 1.54) is 23.4 Å². The van der Waals surface area contributed by atoms with Crippen molar-refractivity contribution in [3.05, 3.63) is 77.9 Å². The van der Waals surface area contributed by atoms with Gasteiger partial charge in [0.25, 0.3) is 0 Å². The monoisotopic (exact) mass is 386 g/mol. The van der Waals surface area contributed by atoms with Gasteiger partial charge in [0, 0.05) is 18.1 Å². The molecule has 29 heavy (non-hydrogen) atoms. The summed E-state index contributed by atoms with van der Waals surface area (Å²) in [6.07, 6.45) is 11.2. The number of benzene rings is 1. The molecule has 0 aliphatic heterocycles. The van der Waals surface area contributed by atoms with E-state index in [0.717, 1.165) is 55.6 Å². The molecule has 0 spiro atoms. The summed E-state index contributed by atoms with van der Waals surface area (Å²) < 4.78 is 0. The largest absolute Gasteiger partial charge is 0.348 e. The normalized spacial score (nSPS) is 16.4. The Bertz CT molecular complexity index is 1030. The third-order valence-electron chi connectivity index (χ3n) is 5.84. The van der Waals surface area contributed by atoms with Gasteiger partial charge < -0.3 is 9.97 Å². The van der Waals surface area contributed by atoms with Crippen LogP contribution in [-0.4, -0.2) is 36.4 Å². The highest BCUT2D eigenvalue weighted by Gasteiger charge is 2.27. The number of aryl methyl sites for hydroxylation is 2. The van der Waals surface area contributed by atoms with Gasteiger partial charge >= 0.3 is 0 Å². The fourth-order valence-corrected chi connectivity index (χ4v) is 4.45. The lowest BCUT2D eigenvalue weighted by molar-refractivity contribution is 0.160. The molecule has 1 unspecified atom stereocenters. The Labute approximate surface area is 170 Å². The highest BCUT2D eigenvalue weighted by atomic mass is 15.2. The number of fused-ring (bicyclic) bond motifs is 2. The highest BCUT2D eigenvalue weighted by Crippen LogP contribution is 2.33. The molecule has 0 saturated heterocycles. The number of nitrogens with one attached hydrogen (secondary N) is 2. The zero-order chi connectivity index (χ0) is 19.5. The van der Waals surface area contributed by atoms with Crippen molar-refractivity contribution in [3.8, 4) is 0 Å². The summed E-state index contributed by atoms with van der Waals surface area (Å²) in [5.74, 6) is 1.02. The maximum absolute atomic E-state index is 4.83. The van der Waals surface area contributed by atoms with Gasteiger partial charge in [0.2, 0.25) is 0 Å². The zero-order valence-corrected chi connectivity index (χ0v) is 16.5. The number of hydrogen-bond donors (Lipinski definition) is 2. The second-order valence-corrected chi connectivity index (χ2v) is 7.81. The summed E-state index contributed by atoms with van der Waals surface area (Å²) in [4.78, 5) is 23.0. The van der Waals surface area contributed by atoms with Crippen molar-refractivity contribution in [1.29, 1.82) is 0 Å². The molecule has 3 aromatic heterocycles. The minimum Gasteiger partial charge on any atom is -0.348 e. The van der Waals surface area contributed by atoms with Crippen LogP contribution in [0.3, 0.4) is 0 Å². The molecular formula is C23H26N6. The quantitative estimate of drug-likeness (QED) is 0.499. The molecule has 0 radical (unpaired) electrons. The average molecular weight is 387 g/mol. The van der Waals surface area contributed by atoms with E-state index in [1.54, 1.807) is 6.33 Å². The van der Waals surface area contributed by atoms with Crippen LogP contribution < -0.4 is 0 Å². The van der Waals surface area contributed by atoms with E-state index in [-0.39, 0.29) is 0 Å². The molecule has 3 heterocycles. The van der Waals surface area contributed by atoms with Crippen LogP contribution in [0.15, 0.2) is 55.1 Å². The molecule has 148 valence electrons. The molecule has 1 aromatic carbocycles. The summed E-state index contributed by atoms with van der Waals surface area (Å²) in [5, 5.41) is 0. The molecule has 1 aliphatic carbocycles. The smallest absolute Gasteiger partial charge is 0.121 e. The molecule has 0 fully saturated rings. The highest BCUT2D eigenvalue weighted by molar-refractivity contribution is 5.74. The van der Waals surface area contributed by atoms with Crippen LogP contribution in [0.5, 0.6) is 0 Å². The number of hydrogen-bond acceptors (Lipinski definition) is 4. The SMILES string of the molecule is c1cnc2c(c1)CCCC2N(CCCc1cnc[nH]1)Cc1nc2ccccc2[nH]1. The minimum absolute atomic E-state index is 0.343. The first kappa shape index (κ1) is 18.1. The van der Waals surface area contributed by atoms with Gasteiger partial charge in [-0.2, -0.15) is 0 Å². The Balaban J connectivity index is 1.39. The van der Waals surface area contributed by atoms with Gasteiger partial charge in [-0.15, -0.1) is 0 Å². The third kappa shape index (κ3) is 3.93. The van der Waals surface area contributed by atoms with Crippen LogP contribution >= 0.6 is 0 Å². The maximum atomic E-state index is 4.83. The Morgan fingerprint density at radius 1 is 1.14 bits per heavy atom. The van der Waals surface area contributed by atoms with E-state index in [9.17, 15) is 0 Å². The van der Waals surface area contributed by atoms with E-state index < -0.39 is 0 Å². The fraction of sp³-hybridized carbons (Fsp3) is 0.348. The van der Waals surface area contributed by atoms with Gasteiger partial charge in [0.05, 0.1) is 35.6 Å². The first-order chi connectivity index (χ1) is 14.4. The molecule has 0 saturated carbocycles. The molecule has 0 amide bonds. The van der Waals surface area contributed by atoms with Crippen molar-refractivity contribution in [2.75, 3.05) is 6.54 Å². The van der Waals surface area contributed by atoms with Crippen LogP contribution in [0, 0.1) is 0 Å². The minimum atomic E-state index is 0.343. The molecule has 1 aliphatic rings. The zero-order valence-electron chi connectivity index (χ0n) is 16.5. The van der Waals surface area contributed by atoms with E-state index in [1.807, 2.05) is 24.5 Å². The molecular weight excluding hydrogens is 360 g/mol. The molecule has 5 rings (SSSR count). The number of pyridine rings is 1. The number of para-hydroxylation sites is 2. The number of aromatic amines is 2. The van der Waals surface area contributed by atoms with Crippen molar-refractivity contribution in [2.24, 2.45) is 0 Å². The molecule has 2 N–H and O–H groups in total. The summed E-state index contributed by atoms with van der Waals surface area (Å²) >= 11 is 0. The number of H-pyrrole nitrogens is 2. The summed E-state index contributed by atoms with van der Waals surface area (Å²) in [7, 11) is 0. The number of imidazole rings is 2. The van der Waals surface area contributed by atoms with Gasteiger partial charge in [0.15, 0.2) is 0 Å². The second kappa shape index (κ2) is 8.17. The standard InChI is InChI=1S/C23H26N6/c1-2-10-20-19(9-1)27-22(28-20)15-29(13-5-8-18-14-24-16-26-18)21-11-3-6-17-7-4-12-25-23(17)21/h1-2,4,7,9-10,12,14,16,21H,3,5-6,8,11,13,15H2,(H,24,26)(H,27,28). The second-order valence-electron chi connectivity index (χ2n) is 7.81. The van der Waals surface area contributed by atoms with Gasteiger partial charge in [0.1, 0.15) is 5.82 Å². The molecule has 4 aromatic rings. The molecule has 0 bridgehead atoms. The van der Waals surface area contributed by atoms with E-state index in [2.05, 4.69) is 44.1 Å². The lowest BCUT2D eigenvalue weighted by Gasteiger charge is -2.34. The molecule has 6 heteroatoms. The van der Waals surface area contributed by atoms with Gasteiger partial charge in [-0.3, -0.25) is 9.88 Å². The van der Waals surface area contributed by atoms with Crippen molar-refractivity contribution < 1.29 is 0 Å². The summed E-state index contributed by atoms with van der Waals surface area (Å²) in [5.41, 5.74) is 5.96. The first-order valence-corrected chi connectivity index (χ1v) is 10.5. The summed E-state index contributed by atoms with van der Waals surface area (Å²) in [6, 6.07) is 12.9. The van der Waals surface area contributed by atoms with Crippen molar-refractivity contribution >= 4 is 11.0 Å². The lowest BCUT2D eigenvalue weighted by atomic mass is 9.90. The van der Waals surface area contributed by atoms with E-state index in [0.29, 0.717) is 6.04 Å². The van der Waals surface area contributed by atoms with Crippen molar-refractivity contribution in [2.45, 2.75) is 44.7 Å². The Kier molecular flexibility index (Phi) is 5.09. The average Bonchev–Trinajstić information content (AvgIpc) is 3.42. The Hall–Kier alpha value is -2.99. The van der Waals surface area contributed by atoms with Gasteiger partial charge in [-0.25, -0.2) is 9.97 Å². The van der Waals surface area contributed by atoms with Crippen molar-refractivity contribution in [1.82, 2.24) is 29.8 Å². The topological polar surface area (TPSA) is 73.5 Å². The number of nitrogens with zero attached hydrogens (tertiary/aromatic N) is 4. The van der Waals surface area contributed by atoms with Crippen molar-refractivity contribution in [3.63, 3.8) is 0 Å². The third-order valence-corrected chi connectivity index (χ3v) is 5.84. The van der Waals surface area contributed by atoms with E-state index >= 15 is 0 Å². The van der Waals surface area contributed by atoms with E-state index in [4.69, 9.17) is 9.97 Å². The maximum Gasteiger partial charge on any atom is 0.121 e. The van der Waals surface area contributed by atoms with Crippen LogP contribution in [0.25, 0.3) is 11.0 Å². The molecule has 1 atom stereocenters. The first-order valence-electron chi connectivity index (χ1n) is 10.5. The van der Waals surface area contributed by atoms with Crippen LogP contribution in [0.1, 0.15) is 48.1 Å². The van der Waals surface area contributed by atoms with Crippen LogP contribution in [-0.2, 0) is 19.4 Å². The fourth-order valence-electron chi connectivity index (χ4n) is 4.45. The van der Waals surface area contributed by atoms with Gasteiger partial charge in [-0.1, -0.05) is 18.2 Å². The van der Waals surface area contributed by atoms with Gasteiger partial charge in [-0.05, 0) is 62.4 Å².